The van der Waals surface area contributed by atoms with Crippen LogP contribution < -0.4 is 10.2 Å². The van der Waals surface area contributed by atoms with Crippen molar-refractivity contribution in [2.24, 2.45) is 0 Å². The third-order valence-electron chi connectivity index (χ3n) is 6.25. The van der Waals surface area contributed by atoms with Crippen LogP contribution in [0, 0.1) is 0 Å². The van der Waals surface area contributed by atoms with Gasteiger partial charge < -0.3 is 10.2 Å². The first-order chi connectivity index (χ1) is 14.9. The molecule has 0 aromatic heterocycles. The van der Waals surface area contributed by atoms with E-state index in [-0.39, 0.29) is 5.56 Å². The average molecular weight is 432 g/mol. The summed E-state index contributed by atoms with van der Waals surface area (Å²) < 4.78 is 38.4. The minimum atomic E-state index is -4.44. The van der Waals surface area contributed by atoms with Crippen LogP contribution in [0.3, 0.4) is 0 Å². The van der Waals surface area contributed by atoms with Gasteiger partial charge in [0.1, 0.15) is 0 Å². The number of hydrogen-bond donors (Lipinski definition) is 1. The number of halogens is 3. The molecule has 2 heterocycles. The van der Waals surface area contributed by atoms with E-state index in [4.69, 9.17) is 0 Å². The predicted molar refractivity (Wildman–Crippen MR) is 115 cm³/mol. The molecule has 0 radical (unpaired) electrons. The van der Waals surface area contributed by atoms with Crippen LogP contribution in [-0.2, 0) is 12.6 Å². The number of alkyl halides is 3. The molecule has 4 nitrogen and oxygen atoms in total. The maximum absolute atomic E-state index is 12.8. The molecule has 0 aliphatic carbocycles. The van der Waals surface area contributed by atoms with Gasteiger partial charge >= 0.3 is 6.18 Å². The van der Waals surface area contributed by atoms with E-state index in [0.29, 0.717) is 12.6 Å². The standard InChI is InChI=1S/C24H28F3N3O/c25-24(26,27)20-8-5-7-19(16-20)23(31)28-12-3-4-13-29-14-15-30-21(17-29)11-10-18-6-1-2-9-22(18)30/h1-2,5-9,16,21H,3-4,10-15,17H2,(H,28,31). The molecule has 31 heavy (non-hydrogen) atoms. The van der Waals surface area contributed by atoms with E-state index in [2.05, 4.69) is 39.4 Å². The fraction of sp³-hybridized carbons (Fsp3) is 0.458. The molecule has 1 amide bonds. The zero-order chi connectivity index (χ0) is 21.8. The Morgan fingerprint density at radius 1 is 1.06 bits per heavy atom. The van der Waals surface area contributed by atoms with Crippen molar-refractivity contribution in [1.29, 1.82) is 0 Å². The van der Waals surface area contributed by atoms with Gasteiger partial charge in [-0.15, -0.1) is 0 Å². The second-order valence-corrected chi connectivity index (χ2v) is 8.36. The van der Waals surface area contributed by atoms with Crippen molar-refractivity contribution in [3.05, 3.63) is 65.2 Å². The van der Waals surface area contributed by atoms with E-state index in [0.717, 1.165) is 57.6 Å². The van der Waals surface area contributed by atoms with Gasteiger partial charge in [0.2, 0.25) is 0 Å². The molecule has 0 spiro atoms. The predicted octanol–water partition coefficient (Wildman–Crippen LogP) is 4.35. The number of nitrogens with zero attached hydrogens (tertiary/aromatic N) is 2. The number of nitrogens with one attached hydrogen (secondary N) is 1. The van der Waals surface area contributed by atoms with Gasteiger partial charge in [0.05, 0.1) is 5.56 Å². The third kappa shape index (κ3) is 5.21. The number of rotatable bonds is 6. The summed E-state index contributed by atoms with van der Waals surface area (Å²) in [6.45, 7) is 4.57. The summed E-state index contributed by atoms with van der Waals surface area (Å²) >= 11 is 0. The number of hydrogen-bond acceptors (Lipinski definition) is 3. The minimum absolute atomic E-state index is 0.0449. The molecule has 1 N–H and O–H groups in total. The van der Waals surface area contributed by atoms with E-state index in [1.165, 1.54) is 29.8 Å². The molecule has 2 aromatic carbocycles. The van der Waals surface area contributed by atoms with Crippen LogP contribution >= 0.6 is 0 Å². The monoisotopic (exact) mass is 431 g/mol. The Morgan fingerprint density at radius 3 is 2.74 bits per heavy atom. The van der Waals surface area contributed by atoms with Gasteiger partial charge in [0, 0.05) is 43.5 Å². The fourth-order valence-corrected chi connectivity index (χ4v) is 4.61. The smallest absolute Gasteiger partial charge is 0.366 e. The highest BCUT2D eigenvalue weighted by atomic mass is 19.4. The van der Waals surface area contributed by atoms with Gasteiger partial charge in [-0.05, 0) is 62.1 Å². The lowest BCUT2D eigenvalue weighted by molar-refractivity contribution is -0.137. The molecule has 166 valence electrons. The number of benzene rings is 2. The number of amides is 1. The van der Waals surface area contributed by atoms with Crippen LogP contribution in [0.4, 0.5) is 18.9 Å². The number of anilines is 1. The molecule has 1 atom stereocenters. The zero-order valence-electron chi connectivity index (χ0n) is 17.5. The van der Waals surface area contributed by atoms with Gasteiger partial charge in [-0.25, -0.2) is 0 Å². The van der Waals surface area contributed by atoms with E-state index in [1.54, 1.807) is 0 Å². The van der Waals surface area contributed by atoms with Crippen molar-refractivity contribution in [3.8, 4) is 0 Å². The summed E-state index contributed by atoms with van der Waals surface area (Å²) in [7, 11) is 0. The molecule has 0 bridgehead atoms. The van der Waals surface area contributed by atoms with E-state index < -0.39 is 17.6 Å². The Hall–Kier alpha value is -2.54. The maximum atomic E-state index is 12.8. The summed E-state index contributed by atoms with van der Waals surface area (Å²) in [5.74, 6) is -0.458. The van der Waals surface area contributed by atoms with Gasteiger partial charge in [-0.1, -0.05) is 24.3 Å². The largest absolute Gasteiger partial charge is 0.416 e. The van der Waals surface area contributed by atoms with Crippen LogP contribution in [0.2, 0.25) is 0 Å². The summed E-state index contributed by atoms with van der Waals surface area (Å²) in [4.78, 5) is 17.2. The van der Waals surface area contributed by atoms with E-state index >= 15 is 0 Å². The van der Waals surface area contributed by atoms with Crippen LogP contribution in [-0.4, -0.2) is 49.6 Å². The first kappa shape index (κ1) is 21.7. The molecule has 2 aromatic rings. The molecule has 1 saturated heterocycles. The van der Waals surface area contributed by atoms with Crippen molar-refractivity contribution in [2.75, 3.05) is 37.6 Å². The molecule has 2 aliphatic heterocycles. The molecule has 0 saturated carbocycles. The first-order valence-corrected chi connectivity index (χ1v) is 10.9. The Morgan fingerprint density at radius 2 is 1.90 bits per heavy atom. The highest BCUT2D eigenvalue weighted by molar-refractivity contribution is 5.94. The quantitative estimate of drug-likeness (QED) is 0.691. The van der Waals surface area contributed by atoms with Crippen LogP contribution in [0.1, 0.15) is 40.7 Å². The average Bonchev–Trinajstić information content (AvgIpc) is 2.78. The molecular formula is C24H28F3N3O. The molecule has 4 rings (SSSR count). The van der Waals surface area contributed by atoms with E-state index in [9.17, 15) is 18.0 Å². The third-order valence-corrected chi connectivity index (χ3v) is 6.25. The Balaban J connectivity index is 1.18. The molecular weight excluding hydrogens is 403 g/mol. The van der Waals surface area contributed by atoms with Gasteiger partial charge in [0.25, 0.3) is 5.91 Å². The van der Waals surface area contributed by atoms with Crippen LogP contribution in [0.25, 0.3) is 0 Å². The summed E-state index contributed by atoms with van der Waals surface area (Å²) in [5, 5.41) is 2.74. The van der Waals surface area contributed by atoms with Crippen LogP contribution in [0.15, 0.2) is 48.5 Å². The van der Waals surface area contributed by atoms with Gasteiger partial charge in [-0.3, -0.25) is 9.69 Å². The number of carbonyl (C=O) groups excluding carboxylic acids is 1. The number of aryl methyl sites for hydroxylation is 1. The Labute approximate surface area is 181 Å². The van der Waals surface area contributed by atoms with Crippen molar-refractivity contribution in [2.45, 2.75) is 37.9 Å². The number of para-hydroxylation sites is 1. The highest BCUT2D eigenvalue weighted by Crippen LogP contribution is 2.32. The lowest BCUT2D eigenvalue weighted by Crippen LogP contribution is -2.55. The van der Waals surface area contributed by atoms with Gasteiger partial charge in [0.15, 0.2) is 0 Å². The second-order valence-electron chi connectivity index (χ2n) is 8.36. The SMILES string of the molecule is O=C(NCCCCN1CCN2c3ccccc3CCC2C1)c1cccc(C(F)(F)F)c1. The topological polar surface area (TPSA) is 35.6 Å². The summed E-state index contributed by atoms with van der Waals surface area (Å²) in [5.41, 5.74) is 2.08. The number of fused-ring (bicyclic) bond motifs is 3. The number of carbonyl (C=O) groups is 1. The molecule has 1 unspecified atom stereocenters. The normalized spacial score (nSPS) is 18.9. The maximum Gasteiger partial charge on any atom is 0.416 e. The van der Waals surface area contributed by atoms with E-state index in [1.807, 2.05) is 0 Å². The number of unbranched alkanes of at least 4 members (excludes halogenated alkanes) is 1. The summed E-state index contributed by atoms with van der Waals surface area (Å²) in [6.07, 6.45) is -0.376. The lowest BCUT2D eigenvalue weighted by Gasteiger charge is -2.46. The first-order valence-electron chi connectivity index (χ1n) is 10.9. The second kappa shape index (κ2) is 9.30. The van der Waals surface area contributed by atoms with Crippen molar-refractivity contribution in [1.82, 2.24) is 10.2 Å². The Kier molecular flexibility index (Phi) is 6.51. The Bertz CT molecular complexity index is 915. The van der Waals surface area contributed by atoms with Crippen molar-refractivity contribution >= 4 is 11.6 Å². The fourth-order valence-electron chi connectivity index (χ4n) is 4.61. The van der Waals surface area contributed by atoms with Crippen LogP contribution in [0.5, 0.6) is 0 Å². The number of piperazine rings is 1. The van der Waals surface area contributed by atoms with Crippen molar-refractivity contribution in [3.63, 3.8) is 0 Å². The van der Waals surface area contributed by atoms with Gasteiger partial charge in [-0.2, -0.15) is 13.2 Å². The molecule has 2 aliphatic rings. The van der Waals surface area contributed by atoms with Crippen molar-refractivity contribution < 1.29 is 18.0 Å². The highest BCUT2D eigenvalue weighted by Gasteiger charge is 2.32. The minimum Gasteiger partial charge on any atom is -0.366 e. The summed E-state index contributed by atoms with van der Waals surface area (Å²) in [6, 6.07) is 13.8. The molecule has 7 heteroatoms. The zero-order valence-corrected chi connectivity index (χ0v) is 17.5. The molecule has 1 fully saturated rings. The lowest BCUT2D eigenvalue weighted by atomic mass is 9.94.